The second-order valence-electron chi connectivity index (χ2n) is 8.11. The van der Waals surface area contributed by atoms with E-state index in [1.54, 1.807) is 25.1 Å². The molecule has 2 aromatic carbocycles. The van der Waals surface area contributed by atoms with E-state index in [2.05, 4.69) is 15.8 Å². The molecule has 13 heteroatoms. The number of hydrogen-bond donors (Lipinski definition) is 2. The Morgan fingerprint density at radius 3 is 2.46 bits per heavy atom. The number of nitrogens with zero attached hydrogens (tertiary/aromatic N) is 3. The summed E-state index contributed by atoms with van der Waals surface area (Å²) in [5.41, 5.74) is 3.98. The van der Waals surface area contributed by atoms with Crippen LogP contribution >= 0.6 is 0 Å². The van der Waals surface area contributed by atoms with E-state index in [0.717, 1.165) is 12.1 Å². The van der Waals surface area contributed by atoms with Gasteiger partial charge in [0.15, 0.2) is 5.76 Å². The van der Waals surface area contributed by atoms with Gasteiger partial charge >= 0.3 is 5.69 Å². The van der Waals surface area contributed by atoms with Gasteiger partial charge in [-0.3, -0.25) is 30.4 Å². The number of methoxy groups -OCH3 is 2. The van der Waals surface area contributed by atoms with Gasteiger partial charge in [-0.05, 0) is 38.0 Å². The summed E-state index contributed by atoms with van der Waals surface area (Å²) in [6.07, 6.45) is 1.82. The van der Waals surface area contributed by atoms with E-state index in [0.29, 0.717) is 59.0 Å². The lowest BCUT2D eigenvalue weighted by Crippen LogP contribution is -2.15. The van der Waals surface area contributed by atoms with Crippen LogP contribution in [0.25, 0.3) is 0 Å². The summed E-state index contributed by atoms with van der Waals surface area (Å²) in [7, 11) is 3.00. The van der Waals surface area contributed by atoms with Gasteiger partial charge in [-0.2, -0.15) is 5.10 Å². The first-order valence-electron chi connectivity index (χ1n) is 11.1. The maximum absolute atomic E-state index is 13.1. The highest BCUT2D eigenvalue weighted by molar-refractivity contribution is 6.09. The topological polar surface area (TPSA) is 171 Å². The normalized spacial score (nSPS) is 13.5. The highest BCUT2D eigenvalue weighted by Gasteiger charge is 2.29. The number of nitro benzene ring substituents is 2. The highest BCUT2D eigenvalue weighted by atomic mass is 16.6. The minimum Gasteiger partial charge on any atom is -0.497 e. The molecule has 0 atom stereocenters. The standard InChI is InChI=1S/C24H23N5O8/c1-13-22-18(27-26-16-9-7-14(28(31)32)11-19(16)29(33)34)5-4-6-20(22)37-23(13)24(30)25-17-10-8-15(35-2)12-21(17)36-3/h7-12,26H,4-6H2,1-3H3,(H,25,30)/b27-18+. The number of furan rings is 1. The number of nitro groups is 2. The molecule has 0 unspecified atom stereocenters. The van der Waals surface area contributed by atoms with Gasteiger partial charge in [-0.1, -0.05) is 0 Å². The zero-order valence-corrected chi connectivity index (χ0v) is 20.2. The molecule has 13 nitrogen and oxygen atoms in total. The largest absolute Gasteiger partial charge is 0.497 e. The van der Waals surface area contributed by atoms with Crippen molar-refractivity contribution >= 4 is 34.4 Å². The van der Waals surface area contributed by atoms with Gasteiger partial charge in [0.2, 0.25) is 0 Å². The SMILES string of the molecule is COc1ccc(NC(=O)c2oc3c(c2C)/C(=N/Nc2ccc([N+](=O)[O-])cc2[N+](=O)[O-])CCC3)c(OC)c1. The van der Waals surface area contributed by atoms with E-state index in [1.165, 1.54) is 20.3 Å². The van der Waals surface area contributed by atoms with Crippen molar-refractivity contribution in [1.82, 2.24) is 0 Å². The van der Waals surface area contributed by atoms with Crippen molar-refractivity contribution in [2.24, 2.45) is 5.10 Å². The smallest absolute Gasteiger partial charge is 0.301 e. The number of carbonyl (C=O) groups is 1. The van der Waals surface area contributed by atoms with Crippen LogP contribution < -0.4 is 20.2 Å². The quantitative estimate of drug-likeness (QED) is 0.319. The molecule has 1 amide bonds. The van der Waals surface area contributed by atoms with Gasteiger partial charge in [0, 0.05) is 29.7 Å². The number of non-ortho nitro benzene ring substituents is 1. The van der Waals surface area contributed by atoms with Crippen molar-refractivity contribution in [3.05, 3.63) is 79.3 Å². The number of fused-ring (bicyclic) bond motifs is 1. The molecule has 0 radical (unpaired) electrons. The number of carbonyl (C=O) groups excluding carboxylic acids is 1. The molecular formula is C24H23N5O8. The summed E-state index contributed by atoms with van der Waals surface area (Å²) < 4.78 is 16.4. The molecule has 0 saturated carbocycles. The van der Waals surface area contributed by atoms with Crippen LogP contribution in [0.5, 0.6) is 11.5 Å². The summed E-state index contributed by atoms with van der Waals surface area (Å²) in [5, 5.41) is 29.5. The van der Waals surface area contributed by atoms with Crippen LogP contribution in [-0.4, -0.2) is 35.7 Å². The molecule has 1 aliphatic carbocycles. The third-order valence-electron chi connectivity index (χ3n) is 5.89. The highest BCUT2D eigenvalue weighted by Crippen LogP contribution is 2.34. The Labute approximate surface area is 210 Å². The average Bonchev–Trinajstić information content (AvgIpc) is 3.24. The monoisotopic (exact) mass is 509 g/mol. The minimum absolute atomic E-state index is 0.000869. The van der Waals surface area contributed by atoms with Crippen LogP contribution in [0.4, 0.5) is 22.7 Å². The molecule has 1 heterocycles. The zero-order valence-electron chi connectivity index (χ0n) is 20.2. The summed E-state index contributed by atoms with van der Waals surface area (Å²) in [6, 6.07) is 8.24. The van der Waals surface area contributed by atoms with E-state index < -0.39 is 27.1 Å². The van der Waals surface area contributed by atoms with E-state index in [1.807, 2.05) is 0 Å². The van der Waals surface area contributed by atoms with Crippen molar-refractivity contribution in [2.75, 3.05) is 25.0 Å². The molecular weight excluding hydrogens is 486 g/mol. The lowest BCUT2D eigenvalue weighted by molar-refractivity contribution is -0.393. The molecule has 2 N–H and O–H groups in total. The summed E-state index contributed by atoms with van der Waals surface area (Å²) in [4.78, 5) is 34.1. The van der Waals surface area contributed by atoms with Crippen LogP contribution in [0, 0.1) is 27.2 Å². The van der Waals surface area contributed by atoms with Gasteiger partial charge in [-0.15, -0.1) is 0 Å². The van der Waals surface area contributed by atoms with E-state index >= 15 is 0 Å². The minimum atomic E-state index is -0.721. The molecule has 0 aliphatic heterocycles. The van der Waals surface area contributed by atoms with Crippen molar-refractivity contribution in [3.63, 3.8) is 0 Å². The number of hydrazone groups is 1. The third-order valence-corrected chi connectivity index (χ3v) is 5.89. The van der Waals surface area contributed by atoms with Gasteiger partial charge in [-0.25, -0.2) is 0 Å². The second kappa shape index (κ2) is 10.4. The molecule has 0 bridgehead atoms. The van der Waals surface area contributed by atoms with Crippen molar-refractivity contribution < 1.29 is 28.5 Å². The Bertz CT molecular complexity index is 1430. The number of amides is 1. The lowest BCUT2D eigenvalue weighted by Gasteiger charge is -2.14. The molecule has 0 fully saturated rings. The Morgan fingerprint density at radius 2 is 1.78 bits per heavy atom. The molecule has 1 aliphatic rings. The summed E-state index contributed by atoms with van der Waals surface area (Å²) in [5.74, 6) is 1.20. The number of rotatable bonds is 8. The van der Waals surface area contributed by atoms with Crippen LogP contribution in [0.15, 0.2) is 45.9 Å². The van der Waals surface area contributed by atoms with E-state index in [-0.39, 0.29) is 11.4 Å². The van der Waals surface area contributed by atoms with Crippen LogP contribution in [0.3, 0.4) is 0 Å². The third kappa shape index (κ3) is 5.05. The van der Waals surface area contributed by atoms with E-state index in [4.69, 9.17) is 13.9 Å². The van der Waals surface area contributed by atoms with Crippen LogP contribution in [-0.2, 0) is 6.42 Å². The first-order chi connectivity index (χ1) is 17.7. The molecule has 3 aromatic rings. The van der Waals surface area contributed by atoms with Crippen molar-refractivity contribution in [3.8, 4) is 11.5 Å². The zero-order chi connectivity index (χ0) is 26.7. The maximum atomic E-state index is 13.1. The average molecular weight is 509 g/mol. The lowest BCUT2D eigenvalue weighted by atomic mass is 9.93. The number of ether oxygens (including phenoxy) is 2. The van der Waals surface area contributed by atoms with Gasteiger partial charge in [0.1, 0.15) is 22.9 Å². The Hall–Kier alpha value is -4.94. The maximum Gasteiger partial charge on any atom is 0.301 e. The fourth-order valence-corrected chi connectivity index (χ4v) is 4.08. The molecule has 0 spiro atoms. The Balaban J connectivity index is 1.62. The number of nitrogens with one attached hydrogen (secondary N) is 2. The van der Waals surface area contributed by atoms with Crippen LogP contribution in [0.1, 0.15) is 40.3 Å². The number of benzene rings is 2. The molecule has 0 saturated heterocycles. The summed E-state index contributed by atoms with van der Waals surface area (Å²) >= 11 is 0. The molecule has 1 aromatic heterocycles. The van der Waals surface area contributed by atoms with Crippen LogP contribution in [0.2, 0.25) is 0 Å². The van der Waals surface area contributed by atoms with Gasteiger partial charge < -0.3 is 19.2 Å². The first kappa shape index (κ1) is 25.2. The fraction of sp³-hybridized carbons (Fsp3) is 0.250. The van der Waals surface area contributed by atoms with Crippen molar-refractivity contribution in [2.45, 2.75) is 26.2 Å². The molecule has 192 valence electrons. The van der Waals surface area contributed by atoms with Crippen molar-refractivity contribution in [1.29, 1.82) is 0 Å². The number of aryl methyl sites for hydroxylation is 1. The number of anilines is 2. The number of hydrogen-bond acceptors (Lipinski definition) is 10. The predicted octanol–water partition coefficient (Wildman–Crippen LogP) is 4.83. The first-order valence-corrected chi connectivity index (χ1v) is 11.1. The molecule has 37 heavy (non-hydrogen) atoms. The second-order valence-corrected chi connectivity index (χ2v) is 8.11. The Kier molecular flexibility index (Phi) is 7.04. The van der Waals surface area contributed by atoms with Gasteiger partial charge in [0.05, 0.1) is 41.5 Å². The fourth-order valence-electron chi connectivity index (χ4n) is 4.08. The predicted molar refractivity (Wildman–Crippen MR) is 134 cm³/mol. The molecule has 4 rings (SSSR count). The summed E-state index contributed by atoms with van der Waals surface area (Å²) in [6.45, 7) is 1.73. The van der Waals surface area contributed by atoms with Gasteiger partial charge in [0.25, 0.3) is 11.6 Å². The van der Waals surface area contributed by atoms with E-state index in [9.17, 15) is 25.0 Å². The Morgan fingerprint density at radius 1 is 1.03 bits per heavy atom.